The Kier molecular flexibility index (Phi) is 7.29. The highest BCUT2D eigenvalue weighted by molar-refractivity contribution is 7.99. The molecule has 222 valence electrons. The maximum atomic E-state index is 14.2. The van der Waals surface area contributed by atoms with Gasteiger partial charge in [0, 0.05) is 57.6 Å². The number of halogens is 1. The van der Waals surface area contributed by atoms with E-state index < -0.39 is 0 Å². The molecular formula is C37H35FN4OS. The molecule has 5 nitrogen and oxygen atoms in total. The van der Waals surface area contributed by atoms with Crippen LogP contribution in [0.15, 0.2) is 96.7 Å². The van der Waals surface area contributed by atoms with Gasteiger partial charge in [-0.2, -0.15) is 16.9 Å². The average molecular weight is 603 g/mol. The molecule has 0 saturated carbocycles. The van der Waals surface area contributed by atoms with Crippen LogP contribution >= 0.6 is 11.8 Å². The number of hydrogen-bond acceptors (Lipinski definition) is 4. The number of fused-ring (bicyclic) bond motifs is 3. The number of nitrogens with zero attached hydrogens (tertiary/aromatic N) is 4. The molecule has 0 radical (unpaired) electrons. The number of thioether (sulfide) groups is 1. The molecule has 0 saturated heterocycles. The number of hydrogen-bond donors (Lipinski definition) is 0. The molecule has 0 bridgehead atoms. The van der Waals surface area contributed by atoms with Gasteiger partial charge in [-0.05, 0) is 75.8 Å². The topological polar surface area (TPSA) is 44.9 Å². The van der Waals surface area contributed by atoms with Crippen molar-refractivity contribution in [3.8, 4) is 23.0 Å². The van der Waals surface area contributed by atoms with E-state index in [1.54, 1.807) is 0 Å². The van der Waals surface area contributed by atoms with Crippen molar-refractivity contribution < 1.29 is 9.13 Å². The van der Waals surface area contributed by atoms with E-state index in [1.807, 2.05) is 64.9 Å². The smallest absolute Gasteiger partial charge is 0.140 e. The lowest BCUT2D eigenvalue weighted by Crippen LogP contribution is -2.22. The van der Waals surface area contributed by atoms with Gasteiger partial charge in [-0.15, -0.1) is 0 Å². The summed E-state index contributed by atoms with van der Waals surface area (Å²) < 4.78 is 24.7. The summed E-state index contributed by atoms with van der Waals surface area (Å²) in [5.41, 5.74) is 7.83. The molecule has 3 heterocycles. The molecule has 7 rings (SSSR count). The first-order valence-corrected chi connectivity index (χ1v) is 16.3. The van der Waals surface area contributed by atoms with E-state index >= 15 is 0 Å². The van der Waals surface area contributed by atoms with E-state index in [2.05, 4.69) is 67.9 Å². The fourth-order valence-electron chi connectivity index (χ4n) is 7.04. The minimum Gasteiger partial charge on any atom is -0.457 e. The third-order valence-electron chi connectivity index (χ3n) is 8.95. The number of rotatable bonds is 6. The summed E-state index contributed by atoms with van der Waals surface area (Å²) >= 11 is 1.93. The van der Waals surface area contributed by atoms with Gasteiger partial charge in [-0.25, -0.2) is 14.1 Å². The van der Waals surface area contributed by atoms with Crippen LogP contribution in [0.4, 0.5) is 4.39 Å². The molecule has 0 fully saturated rings. The molecule has 7 heteroatoms. The van der Waals surface area contributed by atoms with E-state index in [0.717, 1.165) is 33.2 Å². The summed E-state index contributed by atoms with van der Waals surface area (Å²) in [5, 5.41) is 7.72. The van der Waals surface area contributed by atoms with Gasteiger partial charge in [0.25, 0.3) is 0 Å². The Labute approximate surface area is 261 Å². The Morgan fingerprint density at radius 1 is 0.886 bits per heavy atom. The van der Waals surface area contributed by atoms with Gasteiger partial charge in [0.2, 0.25) is 0 Å². The first-order chi connectivity index (χ1) is 21.3. The number of ether oxygens (including phenoxy) is 1. The van der Waals surface area contributed by atoms with E-state index in [4.69, 9.17) is 9.84 Å². The van der Waals surface area contributed by atoms with Crippen LogP contribution in [0, 0.1) is 25.6 Å². The maximum Gasteiger partial charge on any atom is 0.140 e. The zero-order chi connectivity index (χ0) is 30.5. The Bertz CT molecular complexity index is 2060. The highest BCUT2D eigenvalue weighted by atomic mass is 32.2. The van der Waals surface area contributed by atoms with Crippen LogP contribution in [0.25, 0.3) is 33.3 Å². The molecule has 1 unspecified atom stereocenters. The molecule has 3 aromatic carbocycles. The monoisotopic (exact) mass is 602 g/mol. The zero-order valence-corrected chi connectivity index (χ0v) is 26.4. The van der Waals surface area contributed by atoms with Crippen LogP contribution < -0.4 is 4.74 Å². The Morgan fingerprint density at radius 3 is 2.48 bits per heavy atom. The Morgan fingerprint density at radius 2 is 1.68 bits per heavy atom. The maximum absolute atomic E-state index is 14.2. The van der Waals surface area contributed by atoms with Crippen molar-refractivity contribution in [3.63, 3.8) is 0 Å². The van der Waals surface area contributed by atoms with E-state index in [1.165, 1.54) is 41.6 Å². The van der Waals surface area contributed by atoms with Gasteiger partial charge < -0.3 is 4.74 Å². The zero-order valence-electron chi connectivity index (χ0n) is 25.6. The standard InChI is InChI=1S/C37H35FN4OS/c1-22-17-30(44-5)18-23(2)36(22)37-24(3)40-42(25(37)4)27-9-8-10-28(20-27)43-29-13-14-32-31-11-6-7-12-33(31)41(34(32)21-29)35-19-26(38)15-16-39-35/h6-17,19-21,23,30,36H,18H2,1-5H3/t23-,30-,36?/m0/s1. The van der Waals surface area contributed by atoms with Crippen molar-refractivity contribution in [1.82, 2.24) is 19.3 Å². The largest absolute Gasteiger partial charge is 0.457 e. The predicted octanol–water partition coefficient (Wildman–Crippen LogP) is 9.71. The summed E-state index contributed by atoms with van der Waals surface area (Å²) in [7, 11) is 0. The molecule has 0 spiro atoms. The van der Waals surface area contributed by atoms with Crippen molar-refractivity contribution >= 4 is 33.6 Å². The Hall–Kier alpha value is -4.36. The molecule has 0 aliphatic heterocycles. The fourth-order valence-corrected chi connectivity index (χ4v) is 7.89. The highest BCUT2D eigenvalue weighted by Crippen LogP contribution is 2.43. The van der Waals surface area contributed by atoms with Crippen LogP contribution in [0.5, 0.6) is 11.5 Å². The van der Waals surface area contributed by atoms with E-state index in [-0.39, 0.29) is 5.82 Å². The second kappa shape index (κ2) is 11.3. The van der Waals surface area contributed by atoms with Crippen molar-refractivity contribution in [2.45, 2.75) is 45.3 Å². The number of aromatic nitrogens is 4. The van der Waals surface area contributed by atoms with Crippen molar-refractivity contribution in [1.29, 1.82) is 0 Å². The van der Waals surface area contributed by atoms with Crippen molar-refractivity contribution in [3.05, 3.63) is 119 Å². The average Bonchev–Trinajstić information content (AvgIpc) is 3.50. The third-order valence-corrected chi connectivity index (χ3v) is 9.89. The van der Waals surface area contributed by atoms with Crippen LogP contribution in [-0.4, -0.2) is 30.8 Å². The minimum atomic E-state index is -0.328. The lowest BCUT2D eigenvalue weighted by atomic mass is 9.75. The molecule has 0 N–H and O–H groups in total. The number of para-hydroxylation sites is 1. The number of aryl methyl sites for hydroxylation is 1. The summed E-state index contributed by atoms with van der Waals surface area (Å²) in [6.45, 7) is 8.95. The van der Waals surface area contributed by atoms with Crippen molar-refractivity contribution in [2.24, 2.45) is 5.92 Å². The summed E-state index contributed by atoms with van der Waals surface area (Å²) in [5.74, 6) is 2.52. The lowest BCUT2D eigenvalue weighted by Gasteiger charge is -2.33. The normalized spacial score (nSPS) is 18.6. The van der Waals surface area contributed by atoms with Gasteiger partial charge in [0.1, 0.15) is 23.1 Å². The lowest BCUT2D eigenvalue weighted by molar-refractivity contribution is 0.453. The molecule has 1 aliphatic rings. The Balaban J connectivity index is 1.25. The van der Waals surface area contributed by atoms with Gasteiger partial charge in [-0.3, -0.25) is 4.57 Å². The molecule has 44 heavy (non-hydrogen) atoms. The van der Waals surface area contributed by atoms with Crippen LogP contribution in [0.2, 0.25) is 0 Å². The molecule has 1 aliphatic carbocycles. The van der Waals surface area contributed by atoms with Gasteiger partial charge in [0.15, 0.2) is 0 Å². The molecule has 0 amide bonds. The number of benzene rings is 3. The molecular weight excluding hydrogens is 567 g/mol. The second-order valence-corrected chi connectivity index (χ2v) is 12.9. The van der Waals surface area contributed by atoms with Gasteiger partial charge >= 0.3 is 0 Å². The summed E-state index contributed by atoms with van der Waals surface area (Å²) in [4.78, 5) is 4.48. The molecule has 3 atom stereocenters. The second-order valence-electron chi connectivity index (χ2n) is 11.8. The van der Waals surface area contributed by atoms with E-state index in [9.17, 15) is 4.39 Å². The van der Waals surface area contributed by atoms with Gasteiger partial charge in [-0.1, -0.05) is 42.8 Å². The van der Waals surface area contributed by atoms with Crippen LogP contribution in [-0.2, 0) is 0 Å². The van der Waals surface area contributed by atoms with Crippen molar-refractivity contribution in [2.75, 3.05) is 6.26 Å². The summed E-state index contributed by atoms with van der Waals surface area (Å²) in [6, 6.07) is 25.0. The number of pyridine rings is 1. The summed E-state index contributed by atoms with van der Waals surface area (Å²) in [6.07, 6.45) is 7.31. The highest BCUT2D eigenvalue weighted by Gasteiger charge is 2.32. The third kappa shape index (κ3) is 4.89. The van der Waals surface area contributed by atoms with Gasteiger partial charge in [0.05, 0.1) is 22.4 Å². The fraction of sp³-hybridized carbons (Fsp3) is 0.243. The number of allylic oxidation sites excluding steroid dienone is 1. The first-order valence-electron chi connectivity index (χ1n) is 15.0. The van der Waals surface area contributed by atoms with E-state index in [0.29, 0.717) is 34.4 Å². The SMILES string of the molecule is CS[C@H]1C=C(C)C(c2c(C)nn(-c3cccc(Oc4ccc5c6ccccc6n(-c6cc(F)ccn6)c5c4)c3)c2C)[C@@H](C)C1. The van der Waals surface area contributed by atoms with Crippen LogP contribution in [0.3, 0.4) is 0 Å². The molecule has 6 aromatic rings. The molecule has 3 aromatic heterocycles. The first kappa shape index (κ1) is 28.4. The van der Waals surface area contributed by atoms with Crippen LogP contribution in [0.1, 0.15) is 43.1 Å². The minimum absolute atomic E-state index is 0.328. The quantitative estimate of drug-likeness (QED) is 0.178. The predicted molar refractivity (Wildman–Crippen MR) is 179 cm³/mol.